The molecule has 7 nitrogen and oxygen atoms in total. The minimum Gasteiger partial charge on any atom is -0.477 e. The minimum atomic E-state index is -0.997. The molecule has 0 aliphatic carbocycles. The topological polar surface area (TPSA) is 84.1 Å². The van der Waals surface area contributed by atoms with E-state index < -0.39 is 5.97 Å². The van der Waals surface area contributed by atoms with E-state index in [2.05, 4.69) is 24.4 Å². The van der Waals surface area contributed by atoms with Crippen LogP contribution in [0, 0.1) is 0 Å². The van der Waals surface area contributed by atoms with Crippen molar-refractivity contribution in [3.8, 4) is 0 Å². The molecule has 1 aliphatic rings. The van der Waals surface area contributed by atoms with E-state index in [1.54, 1.807) is 6.07 Å². The normalized spacial score (nSPS) is 15.0. The van der Waals surface area contributed by atoms with E-state index in [4.69, 9.17) is 5.11 Å². The molecule has 1 N–H and O–H groups in total. The second kappa shape index (κ2) is 7.57. The van der Waals surface area contributed by atoms with Gasteiger partial charge in [-0.25, -0.2) is 14.8 Å². The van der Waals surface area contributed by atoms with Gasteiger partial charge in [0.15, 0.2) is 5.69 Å². The molecule has 7 heteroatoms. The fraction of sp³-hybridized carbons (Fsp3) is 0.300. The molecule has 138 valence electrons. The Morgan fingerprint density at radius 1 is 1.07 bits per heavy atom. The van der Waals surface area contributed by atoms with E-state index in [9.17, 15) is 4.79 Å². The highest BCUT2D eigenvalue weighted by Crippen LogP contribution is 2.29. The van der Waals surface area contributed by atoms with E-state index in [0.29, 0.717) is 5.92 Å². The fourth-order valence-corrected chi connectivity index (χ4v) is 3.57. The first-order valence-corrected chi connectivity index (χ1v) is 9.07. The molecule has 0 bridgehead atoms. The third kappa shape index (κ3) is 3.81. The van der Waals surface area contributed by atoms with Crippen LogP contribution in [0.2, 0.25) is 0 Å². The number of imidazole rings is 1. The van der Waals surface area contributed by atoms with Crippen molar-refractivity contribution in [3.05, 3.63) is 72.2 Å². The van der Waals surface area contributed by atoms with Gasteiger partial charge < -0.3 is 14.6 Å². The monoisotopic (exact) mass is 363 g/mol. The fourth-order valence-electron chi connectivity index (χ4n) is 3.57. The van der Waals surface area contributed by atoms with Gasteiger partial charge in [0.25, 0.3) is 0 Å². The van der Waals surface area contributed by atoms with Crippen LogP contribution in [0.15, 0.2) is 55.0 Å². The van der Waals surface area contributed by atoms with Crippen LogP contribution < -0.4 is 4.90 Å². The number of hydrogen-bond donors (Lipinski definition) is 1. The smallest absolute Gasteiger partial charge is 0.354 e. The Labute approximate surface area is 157 Å². The molecule has 1 saturated heterocycles. The second-order valence-corrected chi connectivity index (χ2v) is 6.68. The number of piperidine rings is 1. The number of nitrogens with zero attached hydrogens (tertiary/aromatic N) is 5. The largest absolute Gasteiger partial charge is 0.477 e. The molecule has 0 atom stereocenters. The van der Waals surface area contributed by atoms with Crippen molar-refractivity contribution >= 4 is 11.8 Å². The van der Waals surface area contributed by atoms with Crippen LogP contribution in [0.4, 0.5) is 5.82 Å². The van der Waals surface area contributed by atoms with Gasteiger partial charge in [-0.15, -0.1) is 0 Å². The molecule has 0 amide bonds. The zero-order valence-electron chi connectivity index (χ0n) is 14.9. The van der Waals surface area contributed by atoms with Crippen LogP contribution in [-0.4, -0.2) is 43.7 Å². The van der Waals surface area contributed by atoms with Crippen LogP contribution >= 0.6 is 0 Å². The van der Waals surface area contributed by atoms with Gasteiger partial charge in [0.2, 0.25) is 0 Å². The maximum atomic E-state index is 11.1. The van der Waals surface area contributed by atoms with Crippen molar-refractivity contribution in [2.45, 2.75) is 25.3 Å². The Morgan fingerprint density at radius 2 is 1.93 bits per heavy atom. The molecule has 3 aromatic rings. The van der Waals surface area contributed by atoms with Crippen molar-refractivity contribution in [3.63, 3.8) is 0 Å². The molecule has 3 aromatic heterocycles. The van der Waals surface area contributed by atoms with Gasteiger partial charge in [-0.05, 0) is 37.1 Å². The highest BCUT2D eigenvalue weighted by Gasteiger charge is 2.25. The zero-order chi connectivity index (χ0) is 18.6. The lowest BCUT2D eigenvalue weighted by atomic mass is 9.96. The average Bonchev–Trinajstić information content (AvgIpc) is 3.17. The molecule has 4 heterocycles. The van der Waals surface area contributed by atoms with Crippen molar-refractivity contribution in [2.24, 2.45) is 0 Å². The summed E-state index contributed by atoms with van der Waals surface area (Å²) in [5, 5.41) is 9.13. The number of pyridine rings is 2. The summed E-state index contributed by atoms with van der Waals surface area (Å²) in [5.74, 6) is 1.20. The average molecular weight is 363 g/mol. The summed E-state index contributed by atoms with van der Waals surface area (Å²) in [5.41, 5.74) is 1.10. The first-order chi connectivity index (χ1) is 13.2. The number of carbonyl (C=O) groups is 1. The van der Waals surface area contributed by atoms with Crippen molar-refractivity contribution < 1.29 is 9.90 Å². The molecule has 0 aromatic carbocycles. The second-order valence-electron chi connectivity index (χ2n) is 6.68. The predicted octanol–water partition coefficient (Wildman–Crippen LogP) is 2.80. The SMILES string of the molecule is O=C(O)c1cccc(N2CCC(c3nccn3Cc3ccccn3)CC2)n1. The van der Waals surface area contributed by atoms with Crippen LogP contribution in [0.1, 0.15) is 40.8 Å². The van der Waals surface area contributed by atoms with Gasteiger partial charge in [-0.1, -0.05) is 12.1 Å². The molecular weight excluding hydrogens is 342 g/mol. The lowest BCUT2D eigenvalue weighted by molar-refractivity contribution is 0.0690. The molecule has 0 spiro atoms. The zero-order valence-corrected chi connectivity index (χ0v) is 14.9. The van der Waals surface area contributed by atoms with Gasteiger partial charge in [0.05, 0.1) is 12.2 Å². The Balaban J connectivity index is 1.44. The van der Waals surface area contributed by atoms with Gasteiger partial charge in [-0.2, -0.15) is 0 Å². The van der Waals surface area contributed by atoms with E-state index in [0.717, 1.165) is 49.8 Å². The van der Waals surface area contributed by atoms with Gasteiger partial charge in [-0.3, -0.25) is 4.98 Å². The Bertz CT molecular complexity index is 917. The first-order valence-electron chi connectivity index (χ1n) is 9.07. The van der Waals surface area contributed by atoms with Crippen molar-refractivity contribution in [1.29, 1.82) is 0 Å². The minimum absolute atomic E-state index is 0.0838. The van der Waals surface area contributed by atoms with Crippen LogP contribution in [0.3, 0.4) is 0 Å². The summed E-state index contributed by atoms with van der Waals surface area (Å²) >= 11 is 0. The number of carboxylic acid groups (broad SMARTS) is 1. The van der Waals surface area contributed by atoms with Crippen molar-refractivity contribution in [2.75, 3.05) is 18.0 Å². The standard InChI is InChI=1S/C20H21N5O2/c26-20(27)17-5-3-6-18(23-17)24-11-7-15(8-12-24)19-22-10-13-25(19)14-16-4-1-2-9-21-16/h1-6,9-10,13,15H,7-8,11-12,14H2,(H,26,27). The molecule has 0 unspecified atom stereocenters. The summed E-state index contributed by atoms with van der Waals surface area (Å²) < 4.78 is 2.17. The number of aromatic nitrogens is 4. The molecule has 4 rings (SSSR count). The van der Waals surface area contributed by atoms with Crippen LogP contribution in [0.5, 0.6) is 0 Å². The number of anilines is 1. The first kappa shape index (κ1) is 17.2. The Kier molecular flexibility index (Phi) is 4.82. The molecule has 0 radical (unpaired) electrons. The van der Waals surface area contributed by atoms with Gasteiger partial charge in [0, 0.05) is 37.6 Å². The summed E-state index contributed by atoms with van der Waals surface area (Å²) in [7, 11) is 0. The van der Waals surface area contributed by atoms with Crippen LogP contribution in [-0.2, 0) is 6.54 Å². The summed E-state index contributed by atoms with van der Waals surface area (Å²) in [6.45, 7) is 2.38. The molecular formula is C20H21N5O2. The number of aromatic carboxylic acids is 1. The highest BCUT2D eigenvalue weighted by atomic mass is 16.4. The maximum Gasteiger partial charge on any atom is 0.354 e. The molecule has 27 heavy (non-hydrogen) atoms. The molecule has 1 fully saturated rings. The Hall–Kier alpha value is -3.22. The predicted molar refractivity (Wildman–Crippen MR) is 101 cm³/mol. The highest BCUT2D eigenvalue weighted by molar-refractivity contribution is 5.85. The summed E-state index contributed by atoms with van der Waals surface area (Å²) in [6.07, 6.45) is 7.58. The third-order valence-electron chi connectivity index (χ3n) is 4.94. The lowest BCUT2D eigenvalue weighted by Gasteiger charge is -2.32. The van der Waals surface area contributed by atoms with Gasteiger partial charge in [0.1, 0.15) is 11.6 Å². The van der Waals surface area contributed by atoms with E-state index in [1.807, 2.05) is 42.9 Å². The Morgan fingerprint density at radius 3 is 2.67 bits per heavy atom. The summed E-state index contributed by atoms with van der Waals surface area (Å²) in [4.78, 5) is 26.5. The van der Waals surface area contributed by atoms with E-state index >= 15 is 0 Å². The van der Waals surface area contributed by atoms with E-state index in [-0.39, 0.29) is 5.69 Å². The third-order valence-corrected chi connectivity index (χ3v) is 4.94. The van der Waals surface area contributed by atoms with Crippen LogP contribution in [0.25, 0.3) is 0 Å². The molecule has 0 saturated carbocycles. The lowest BCUT2D eigenvalue weighted by Crippen LogP contribution is -2.34. The van der Waals surface area contributed by atoms with E-state index in [1.165, 1.54) is 6.07 Å². The number of rotatable bonds is 5. The molecule has 1 aliphatic heterocycles. The summed E-state index contributed by atoms with van der Waals surface area (Å²) in [6, 6.07) is 11.1. The number of carboxylic acids is 1. The van der Waals surface area contributed by atoms with Crippen molar-refractivity contribution in [1.82, 2.24) is 19.5 Å². The quantitative estimate of drug-likeness (QED) is 0.750. The van der Waals surface area contributed by atoms with Gasteiger partial charge >= 0.3 is 5.97 Å². The maximum absolute atomic E-state index is 11.1. The number of hydrogen-bond acceptors (Lipinski definition) is 5.